The van der Waals surface area contributed by atoms with Gasteiger partial charge in [-0.15, -0.1) is 11.8 Å². The zero-order valence-corrected chi connectivity index (χ0v) is 17.0. The highest BCUT2D eigenvalue weighted by atomic mass is 35.5. The van der Waals surface area contributed by atoms with E-state index in [0.717, 1.165) is 4.90 Å². The van der Waals surface area contributed by atoms with Crippen LogP contribution in [0, 0.1) is 5.82 Å². The molecule has 1 aliphatic rings. The van der Waals surface area contributed by atoms with E-state index in [2.05, 4.69) is 0 Å². The molecule has 0 saturated heterocycles. The Bertz CT molecular complexity index is 1110. The molecule has 0 N–H and O–H groups in total. The molecule has 29 heavy (non-hydrogen) atoms. The van der Waals surface area contributed by atoms with Crippen molar-refractivity contribution in [1.82, 2.24) is 0 Å². The van der Waals surface area contributed by atoms with E-state index in [4.69, 9.17) is 27.6 Å². The first kappa shape index (κ1) is 19.8. The van der Waals surface area contributed by atoms with Crippen LogP contribution in [-0.2, 0) is 15.3 Å². The largest absolute Gasteiger partial charge is 0.468 e. The van der Waals surface area contributed by atoms with Gasteiger partial charge in [0.1, 0.15) is 11.6 Å². The predicted molar refractivity (Wildman–Crippen MR) is 112 cm³/mol. The molecule has 3 aromatic rings. The molecule has 4 rings (SSSR count). The number of carbonyl (C=O) groups excluding carboxylic acids is 2. The van der Waals surface area contributed by atoms with Crippen LogP contribution in [0.15, 0.2) is 70.2 Å². The van der Waals surface area contributed by atoms with Crippen molar-refractivity contribution in [3.63, 3.8) is 0 Å². The maximum Gasteiger partial charge on any atom is 0.272 e. The monoisotopic (exact) mass is 447 g/mol. The van der Waals surface area contributed by atoms with Crippen LogP contribution in [-0.4, -0.2) is 11.8 Å². The Hall–Kier alpha value is -2.54. The molecule has 0 fully saturated rings. The zero-order valence-electron chi connectivity index (χ0n) is 14.7. The van der Waals surface area contributed by atoms with Gasteiger partial charge < -0.3 is 4.42 Å². The third-order valence-electron chi connectivity index (χ3n) is 4.22. The van der Waals surface area contributed by atoms with E-state index >= 15 is 0 Å². The third kappa shape index (κ3) is 3.96. The van der Waals surface area contributed by atoms with Gasteiger partial charge in [-0.1, -0.05) is 35.3 Å². The summed E-state index contributed by atoms with van der Waals surface area (Å²) in [6.07, 6.45) is 1.53. The Morgan fingerprint density at radius 1 is 0.966 bits per heavy atom. The van der Waals surface area contributed by atoms with E-state index in [0.29, 0.717) is 27.1 Å². The molecular weight excluding hydrogens is 436 g/mol. The second-order valence-electron chi connectivity index (χ2n) is 6.15. The molecule has 2 amide bonds. The van der Waals surface area contributed by atoms with Gasteiger partial charge in [-0.3, -0.25) is 9.59 Å². The lowest BCUT2D eigenvalue weighted by atomic mass is 10.1. The molecule has 0 spiro atoms. The Morgan fingerprint density at radius 3 is 2.28 bits per heavy atom. The quantitative estimate of drug-likeness (QED) is 0.453. The first-order valence-electron chi connectivity index (χ1n) is 8.44. The van der Waals surface area contributed by atoms with Crippen LogP contribution in [0.25, 0.3) is 5.57 Å². The van der Waals surface area contributed by atoms with Crippen LogP contribution in [0.1, 0.15) is 11.3 Å². The minimum absolute atomic E-state index is 0.197. The van der Waals surface area contributed by atoms with Crippen LogP contribution in [0.2, 0.25) is 10.0 Å². The van der Waals surface area contributed by atoms with E-state index in [1.165, 1.54) is 60.5 Å². The van der Waals surface area contributed by atoms with Crippen molar-refractivity contribution in [3.05, 3.63) is 93.0 Å². The van der Waals surface area contributed by atoms with Crippen LogP contribution in [0.5, 0.6) is 0 Å². The highest BCUT2D eigenvalue weighted by Gasteiger charge is 2.40. The molecule has 0 bridgehead atoms. The van der Waals surface area contributed by atoms with Gasteiger partial charge >= 0.3 is 0 Å². The summed E-state index contributed by atoms with van der Waals surface area (Å²) in [5, 5.41) is 0.598. The van der Waals surface area contributed by atoms with Crippen LogP contribution in [0.4, 0.5) is 10.1 Å². The third-order valence-corrected chi connectivity index (χ3v) is 5.75. The van der Waals surface area contributed by atoms with Crippen molar-refractivity contribution in [1.29, 1.82) is 0 Å². The lowest BCUT2D eigenvalue weighted by Crippen LogP contribution is -2.31. The number of amides is 2. The van der Waals surface area contributed by atoms with Crippen molar-refractivity contribution < 1.29 is 18.4 Å². The number of carbonyl (C=O) groups is 2. The lowest BCUT2D eigenvalue weighted by Gasteiger charge is -2.16. The number of hydrogen-bond donors (Lipinski definition) is 0. The molecule has 0 atom stereocenters. The van der Waals surface area contributed by atoms with E-state index in [1.807, 2.05) is 0 Å². The maximum absolute atomic E-state index is 13.4. The number of imide groups is 1. The number of nitrogens with zero attached hydrogens (tertiary/aromatic N) is 1. The second kappa shape index (κ2) is 8.06. The standard InChI is InChI=1S/C21H12Cl2FNO3S/c22-13-8-14(23)10-16(9-13)25-20(26)18(12-3-5-15(24)6-4-12)19(21(25)27)29-11-17-2-1-7-28-17/h1-10H,11H2. The fraction of sp³-hybridized carbons (Fsp3) is 0.0476. The SMILES string of the molecule is O=C1C(SCc2ccco2)=C(c2ccc(F)cc2)C(=O)N1c1cc(Cl)cc(Cl)c1. The average molecular weight is 448 g/mol. The first-order chi connectivity index (χ1) is 13.9. The molecule has 0 saturated carbocycles. The van der Waals surface area contributed by atoms with Crippen molar-refractivity contribution in [2.75, 3.05) is 4.90 Å². The van der Waals surface area contributed by atoms with Gasteiger partial charge in [-0.05, 0) is 48.0 Å². The number of halogens is 3. The van der Waals surface area contributed by atoms with Gasteiger partial charge in [0, 0.05) is 10.0 Å². The first-order valence-corrected chi connectivity index (χ1v) is 10.2. The molecule has 2 aromatic carbocycles. The van der Waals surface area contributed by atoms with E-state index in [9.17, 15) is 14.0 Å². The normalized spacial score (nSPS) is 14.2. The fourth-order valence-corrected chi connectivity index (χ4v) is 4.49. The van der Waals surface area contributed by atoms with E-state index < -0.39 is 17.6 Å². The van der Waals surface area contributed by atoms with Crippen molar-refractivity contribution in [3.8, 4) is 0 Å². The molecule has 0 aliphatic carbocycles. The summed E-state index contributed by atoms with van der Waals surface area (Å²) in [6, 6.07) is 13.4. The second-order valence-corrected chi connectivity index (χ2v) is 8.01. The Balaban J connectivity index is 1.77. The molecular formula is C21H12Cl2FNO3S. The number of anilines is 1. The highest BCUT2D eigenvalue weighted by molar-refractivity contribution is 8.03. The summed E-state index contributed by atoms with van der Waals surface area (Å²) in [5.41, 5.74) is 0.913. The van der Waals surface area contributed by atoms with Gasteiger partial charge in [0.15, 0.2) is 0 Å². The van der Waals surface area contributed by atoms with Gasteiger partial charge in [-0.25, -0.2) is 9.29 Å². The van der Waals surface area contributed by atoms with Crippen LogP contribution in [0.3, 0.4) is 0 Å². The molecule has 1 aromatic heterocycles. The lowest BCUT2D eigenvalue weighted by molar-refractivity contribution is -0.119. The van der Waals surface area contributed by atoms with Crippen LogP contribution >= 0.6 is 35.0 Å². The molecule has 2 heterocycles. The van der Waals surface area contributed by atoms with Gasteiger partial charge in [-0.2, -0.15) is 0 Å². The topological polar surface area (TPSA) is 50.5 Å². The van der Waals surface area contributed by atoms with Gasteiger partial charge in [0.25, 0.3) is 11.8 Å². The number of benzene rings is 2. The van der Waals surface area contributed by atoms with Crippen molar-refractivity contribution >= 4 is 58.0 Å². The molecule has 4 nitrogen and oxygen atoms in total. The zero-order chi connectivity index (χ0) is 20.5. The fourth-order valence-electron chi connectivity index (χ4n) is 2.96. The number of furan rings is 1. The minimum atomic E-state index is -0.526. The summed E-state index contributed by atoms with van der Waals surface area (Å²) in [7, 11) is 0. The average Bonchev–Trinajstić information content (AvgIpc) is 3.26. The molecule has 0 radical (unpaired) electrons. The molecule has 0 unspecified atom stereocenters. The summed E-state index contributed by atoms with van der Waals surface area (Å²) < 4.78 is 18.7. The molecule has 1 aliphatic heterocycles. The van der Waals surface area contributed by atoms with E-state index in [1.54, 1.807) is 12.1 Å². The van der Waals surface area contributed by atoms with Crippen molar-refractivity contribution in [2.45, 2.75) is 5.75 Å². The van der Waals surface area contributed by atoms with E-state index in [-0.39, 0.29) is 16.2 Å². The van der Waals surface area contributed by atoms with Crippen molar-refractivity contribution in [2.24, 2.45) is 0 Å². The summed E-state index contributed by atoms with van der Waals surface area (Å²) in [5.74, 6) is -0.443. The summed E-state index contributed by atoms with van der Waals surface area (Å²) in [6.45, 7) is 0. The Labute approximate surface area is 179 Å². The number of rotatable bonds is 5. The smallest absolute Gasteiger partial charge is 0.272 e. The minimum Gasteiger partial charge on any atom is -0.468 e. The molecule has 8 heteroatoms. The van der Waals surface area contributed by atoms with Gasteiger partial charge in [0.2, 0.25) is 0 Å². The maximum atomic E-state index is 13.4. The number of hydrogen-bond acceptors (Lipinski definition) is 4. The van der Waals surface area contributed by atoms with Crippen LogP contribution < -0.4 is 4.90 Å². The highest BCUT2D eigenvalue weighted by Crippen LogP contribution is 2.40. The Kier molecular flexibility index (Phi) is 5.50. The number of thioether (sulfide) groups is 1. The predicted octanol–water partition coefficient (Wildman–Crippen LogP) is 5.94. The summed E-state index contributed by atoms with van der Waals surface area (Å²) >= 11 is 13.3. The van der Waals surface area contributed by atoms with Gasteiger partial charge in [0.05, 0.1) is 28.2 Å². The summed E-state index contributed by atoms with van der Waals surface area (Å²) in [4.78, 5) is 27.7. The molecule has 146 valence electrons. The Morgan fingerprint density at radius 2 is 1.66 bits per heavy atom.